The van der Waals surface area contributed by atoms with Crippen LogP contribution in [0.1, 0.15) is 16.1 Å². The summed E-state index contributed by atoms with van der Waals surface area (Å²) in [5.74, 6) is 0.225. The molecule has 0 fully saturated rings. The number of aryl methyl sites for hydroxylation is 2. The lowest BCUT2D eigenvalue weighted by Crippen LogP contribution is -2.21. The van der Waals surface area contributed by atoms with Gasteiger partial charge in [0.05, 0.1) is 5.69 Å². The van der Waals surface area contributed by atoms with E-state index in [1.54, 1.807) is 18.7 Å². The van der Waals surface area contributed by atoms with Gasteiger partial charge in [0.15, 0.2) is 0 Å². The molecule has 1 aromatic heterocycles. The maximum absolute atomic E-state index is 11.2. The zero-order chi connectivity index (χ0) is 11.4. The summed E-state index contributed by atoms with van der Waals surface area (Å²) in [7, 11) is 3.65. The molecule has 0 aromatic carbocycles. The quantitative estimate of drug-likeness (QED) is 0.571. The van der Waals surface area contributed by atoms with Crippen LogP contribution in [0.4, 0.5) is 5.82 Å². The molecule has 0 unspecified atom stereocenters. The molecule has 6 heteroatoms. The average Bonchev–Trinajstić information content (AvgIpc) is 2.42. The Morgan fingerprint density at radius 1 is 1.53 bits per heavy atom. The summed E-state index contributed by atoms with van der Waals surface area (Å²) in [6, 6.07) is 0. The number of primary amides is 1. The van der Waals surface area contributed by atoms with Gasteiger partial charge in [0.25, 0.3) is 5.91 Å². The van der Waals surface area contributed by atoms with Crippen molar-refractivity contribution in [1.29, 1.82) is 0 Å². The minimum Gasteiger partial charge on any atom is -0.368 e. The van der Waals surface area contributed by atoms with Crippen molar-refractivity contribution in [3.8, 4) is 0 Å². The number of hydrogen-bond acceptors (Lipinski definition) is 4. The van der Waals surface area contributed by atoms with Crippen molar-refractivity contribution >= 4 is 11.7 Å². The zero-order valence-corrected chi connectivity index (χ0v) is 9.29. The van der Waals surface area contributed by atoms with Crippen LogP contribution >= 0.6 is 0 Å². The van der Waals surface area contributed by atoms with Gasteiger partial charge < -0.3 is 16.4 Å². The fourth-order valence-corrected chi connectivity index (χ4v) is 1.46. The van der Waals surface area contributed by atoms with E-state index >= 15 is 0 Å². The van der Waals surface area contributed by atoms with Crippen molar-refractivity contribution in [2.24, 2.45) is 12.8 Å². The van der Waals surface area contributed by atoms with Crippen molar-refractivity contribution in [2.75, 3.05) is 25.5 Å². The number of likely N-dealkylation sites (N-methyl/N-ethyl adjacent to an activating group) is 1. The topological polar surface area (TPSA) is 85.0 Å². The molecule has 0 aliphatic heterocycles. The minimum atomic E-state index is -0.451. The number of aromatic nitrogens is 2. The van der Waals surface area contributed by atoms with Gasteiger partial charge >= 0.3 is 0 Å². The van der Waals surface area contributed by atoms with Crippen LogP contribution in [0.15, 0.2) is 0 Å². The van der Waals surface area contributed by atoms with Crippen molar-refractivity contribution in [1.82, 2.24) is 15.1 Å². The fraction of sp³-hybridized carbons (Fsp3) is 0.556. The molecular weight excluding hydrogens is 194 g/mol. The first-order chi connectivity index (χ1) is 7.07. The van der Waals surface area contributed by atoms with Gasteiger partial charge in [0.2, 0.25) is 0 Å². The second-order valence-electron chi connectivity index (χ2n) is 3.33. The minimum absolute atomic E-state index is 0.451. The lowest BCUT2D eigenvalue weighted by molar-refractivity contribution is 0.100. The Balaban J connectivity index is 2.89. The summed E-state index contributed by atoms with van der Waals surface area (Å²) in [6.45, 7) is 3.29. The van der Waals surface area contributed by atoms with E-state index in [0.29, 0.717) is 17.1 Å². The van der Waals surface area contributed by atoms with Gasteiger partial charge in [-0.25, -0.2) is 0 Å². The highest BCUT2D eigenvalue weighted by molar-refractivity contribution is 5.98. The predicted octanol–water partition coefficient (Wildman–Crippen LogP) is -0.541. The van der Waals surface area contributed by atoms with E-state index in [4.69, 9.17) is 5.73 Å². The SMILES string of the molecule is CNCCNc1c(C(N)=O)c(C)nn1C. The third-order valence-corrected chi connectivity index (χ3v) is 2.14. The molecule has 0 bridgehead atoms. The van der Waals surface area contributed by atoms with E-state index in [9.17, 15) is 4.79 Å². The molecule has 0 saturated heterocycles. The average molecular weight is 211 g/mol. The Morgan fingerprint density at radius 2 is 2.20 bits per heavy atom. The Hall–Kier alpha value is -1.56. The zero-order valence-electron chi connectivity index (χ0n) is 9.29. The van der Waals surface area contributed by atoms with Gasteiger partial charge in [-0.1, -0.05) is 0 Å². The lowest BCUT2D eigenvalue weighted by Gasteiger charge is -2.07. The second kappa shape index (κ2) is 4.79. The number of rotatable bonds is 5. The number of hydrogen-bond donors (Lipinski definition) is 3. The number of carbonyl (C=O) groups excluding carboxylic acids is 1. The third kappa shape index (κ3) is 2.47. The lowest BCUT2D eigenvalue weighted by atomic mass is 10.2. The highest BCUT2D eigenvalue weighted by Gasteiger charge is 2.17. The summed E-state index contributed by atoms with van der Waals surface area (Å²) in [4.78, 5) is 11.2. The van der Waals surface area contributed by atoms with Crippen LogP contribution in [0.25, 0.3) is 0 Å². The van der Waals surface area contributed by atoms with E-state index in [0.717, 1.165) is 13.1 Å². The van der Waals surface area contributed by atoms with E-state index in [1.807, 2.05) is 7.05 Å². The number of nitrogens with two attached hydrogens (primary N) is 1. The third-order valence-electron chi connectivity index (χ3n) is 2.14. The maximum atomic E-state index is 11.2. The summed E-state index contributed by atoms with van der Waals surface area (Å²) in [5, 5.41) is 10.3. The van der Waals surface area contributed by atoms with Crippen LogP contribution in [0.3, 0.4) is 0 Å². The van der Waals surface area contributed by atoms with Gasteiger partial charge in [-0.15, -0.1) is 0 Å². The van der Waals surface area contributed by atoms with Gasteiger partial charge in [-0.3, -0.25) is 9.48 Å². The van der Waals surface area contributed by atoms with Crippen LogP contribution in [-0.2, 0) is 7.05 Å². The highest BCUT2D eigenvalue weighted by Crippen LogP contribution is 2.17. The smallest absolute Gasteiger partial charge is 0.254 e. The highest BCUT2D eigenvalue weighted by atomic mass is 16.1. The molecule has 0 aliphatic rings. The van der Waals surface area contributed by atoms with Crippen LogP contribution in [0, 0.1) is 6.92 Å². The predicted molar refractivity (Wildman–Crippen MR) is 58.9 cm³/mol. The molecule has 0 spiro atoms. The molecule has 1 aromatic rings. The Labute approximate surface area is 88.8 Å². The van der Waals surface area contributed by atoms with Gasteiger partial charge in [0, 0.05) is 20.1 Å². The summed E-state index contributed by atoms with van der Waals surface area (Å²) < 4.78 is 1.63. The molecule has 0 radical (unpaired) electrons. The van der Waals surface area contributed by atoms with E-state index in [2.05, 4.69) is 15.7 Å². The van der Waals surface area contributed by atoms with Crippen LogP contribution in [0.2, 0.25) is 0 Å². The molecule has 0 aliphatic carbocycles. The van der Waals surface area contributed by atoms with Gasteiger partial charge in [0.1, 0.15) is 11.4 Å². The van der Waals surface area contributed by atoms with Gasteiger partial charge in [-0.05, 0) is 14.0 Å². The standard InChI is InChI=1S/C9H17N5O/c1-6-7(8(10)15)9(14(3)13-6)12-5-4-11-2/h11-12H,4-5H2,1-3H3,(H2,10,15). The first-order valence-corrected chi connectivity index (χ1v) is 4.79. The van der Waals surface area contributed by atoms with E-state index < -0.39 is 5.91 Å². The molecule has 6 nitrogen and oxygen atoms in total. The molecular formula is C9H17N5O. The first-order valence-electron chi connectivity index (χ1n) is 4.79. The molecule has 84 valence electrons. The fourth-order valence-electron chi connectivity index (χ4n) is 1.46. The molecule has 15 heavy (non-hydrogen) atoms. The summed E-state index contributed by atoms with van der Waals surface area (Å²) in [5.41, 5.74) is 6.40. The largest absolute Gasteiger partial charge is 0.368 e. The first kappa shape index (κ1) is 11.5. The molecule has 0 atom stereocenters. The monoisotopic (exact) mass is 211 g/mol. The van der Waals surface area contributed by atoms with Crippen molar-refractivity contribution in [3.63, 3.8) is 0 Å². The Morgan fingerprint density at radius 3 is 2.73 bits per heavy atom. The van der Waals surface area contributed by atoms with Crippen LogP contribution in [-0.4, -0.2) is 35.8 Å². The molecule has 4 N–H and O–H groups in total. The summed E-state index contributed by atoms with van der Waals surface area (Å²) >= 11 is 0. The van der Waals surface area contributed by atoms with E-state index in [1.165, 1.54) is 0 Å². The number of anilines is 1. The second-order valence-corrected chi connectivity index (χ2v) is 3.33. The van der Waals surface area contributed by atoms with E-state index in [-0.39, 0.29) is 0 Å². The van der Waals surface area contributed by atoms with Crippen molar-refractivity contribution < 1.29 is 4.79 Å². The summed E-state index contributed by atoms with van der Waals surface area (Å²) in [6.07, 6.45) is 0. The van der Waals surface area contributed by atoms with Crippen molar-refractivity contribution in [2.45, 2.75) is 6.92 Å². The number of amides is 1. The Kier molecular flexibility index (Phi) is 3.68. The molecule has 1 amide bonds. The molecule has 0 saturated carbocycles. The molecule has 1 rings (SSSR count). The van der Waals surface area contributed by atoms with Crippen molar-refractivity contribution in [3.05, 3.63) is 11.3 Å². The number of nitrogens with one attached hydrogen (secondary N) is 2. The number of nitrogens with zero attached hydrogens (tertiary/aromatic N) is 2. The molecule has 1 heterocycles. The van der Waals surface area contributed by atoms with Crippen LogP contribution in [0.5, 0.6) is 0 Å². The Bertz CT molecular complexity index is 358. The normalized spacial score (nSPS) is 10.3. The van der Waals surface area contributed by atoms with Crippen LogP contribution < -0.4 is 16.4 Å². The van der Waals surface area contributed by atoms with Gasteiger partial charge in [-0.2, -0.15) is 5.10 Å². The maximum Gasteiger partial charge on any atom is 0.254 e. The number of carbonyl (C=O) groups is 1.